The van der Waals surface area contributed by atoms with E-state index in [1.807, 2.05) is 31.3 Å². The van der Waals surface area contributed by atoms with Gasteiger partial charge in [0.15, 0.2) is 0 Å². The summed E-state index contributed by atoms with van der Waals surface area (Å²) in [7, 11) is 1.83. The molecule has 1 aliphatic carbocycles. The second-order valence-corrected chi connectivity index (χ2v) is 6.67. The summed E-state index contributed by atoms with van der Waals surface area (Å²) in [5, 5.41) is 0. The molecule has 0 aliphatic heterocycles. The van der Waals surface area contributed by atoms with Crippen LogP contribution in [0.5, 0.6) is 5.75 Å². The zero-order chi connectivity index (χ0) is 16.1. The van der Waals surface area contributed by atoms with Crippen LogP contribution in [0.15, 0.2) is 24.3 Å². The van der Waals surface area contributed by atoms with Crippen molar-refractivity contribution in [2.24, 2.45) is 17.6 Å². The summed E-state index contributed by atoms with van der Waals surface area (Å²) in [5.74, 6) is 1.80. The van der Waals surface area contributed by atoms with Crippen molar-refractivity contribution in [2.75, 3.05) is 20.2 Å². The maximum atomic E-state index is 12.6. The third-order valence-electron chi connectivity index (χ3n) is 4.29. The van der Waals surface area contributed by atoms with Crippen LogP contribution in [0.25, 0.3) is 0 Å². The lowest BCUT2D eigenvalue weighted by Crippen LogP contribution is -2.34. The number of rotatable bonds is 8. The largest absolute Gasteiger partial charge is 0.492 e. The molecule has 0 bridgehead atoms. The normalized spacial score (nSPS) is 15.0. The first-order chi connectivity index (χ1) is 10.5. The Bertz CT molecular complexity index is 504. The number of nitrogens with zero attached hydrogens (tertiary/aromatic N) is 1. The molecule has 0 radical (unpaired) electrons. The van der Waals surface area contributed by atoms with Crippen molar-refractivity contribution < 1.29 is 9.53 Å². The maximum Gasteiger partial charge on any atom is 0.257 e. The van der Waals surface area contributed by atoms with Gasteiger partial charge in [0.2, 0.25) is 0 Å². The molecule has 0 heterocycles. The van der Waals surface area contributed by atoms with E-state index in [-0.39, 0.29) is 24.4 Å². The molecule has 1 aromatic carbocycles. The highest BCUT2D eigenvalue weighted by Gasteiger charge is 2.23. The first-order valence-corrected chi connectivity index (χ1v) is 8.22. The van der Waals surface area contributed by atoms with E-state index in [2.05, 4.69) is 13.8 Å². The van der Waals surface area contributed by atoms with Crippen LogP contribution in [0.2, 0.25) is 0 Å². The minimum atomic E-state index is 0. The van der Waals surface area contributed by atoms with Crippen molar-refractivity contribution in [1.82, 2.24) is 4.90 Å². The van der Waals surface area contributed by atoms with Gasteiger partial charge in [-0.15, -0.1) is 12.4 Å². The molecule has 23 heavy (non-hydrogen) atoms. The van der Waals surface area contributed by atoms with Gasteiger partial charge in [0, 0.05) is 19.6 Å². The van der Waals surface area contributed by atoms with Gasteiger partial charge in [-0.2, -0.15) is 0 Å². The Labute approximate surface area is 145 Å². The fourth-order valence-corrected chi connectivity index (χ4v) is 2.24. The fraction of sp³-hybridized carbons (Fsp3) is 0.611. The second-order valence-electron chi connectivity index (χ2n) is 6.67. The van der Waals surface area contributed by atoms with Crippen molar-refractivity contribution in [2.45, 2.75) is 39.2 Å². The van der Waals surface area contributed by atoms with Gasteiger partial charge in [0.1, 0.15) is 5.75 Å². The summed E-state index contributed by atoms with van der Waals surface area (Å²) in [5.41, 5.74) is 6.70. The summed E-state index contributed by atoms with van der Waals surface area (Å²) >= 11 is 0. The lowest BCUT2D eigenvalue weighted by molar-refractivity contribution is 0.0784. The number of benzene rings is 1. The van der Waals surface area contributed by atoms with Gasteiger partial charge in [0.25, 0.3) is 5.91 Å². The van der Waals surface area contributed by atoms with E-state index in [0.29, 0.717) is 36.3 Å². The Balaban J connectivity index is 0.00000264. The molecule has 1 unspecified atom stereocenters. The average molecular weight is 341 g/mol. The standard InChI is InChI=1S/C18H28N2O2.ClH/c1-13(2)16(19)10-11-20(3)18(21)15-6-4-5-7-17(15)22-12-14-8-9-14;/h4-7,13-14,16H,8-12,19H2,1-3H3;1H. The third kappa shape index (κ3) is 6.04. The number of amides is 1. The van der Waals surface area contributed by atoms with E-state index in [4.69, 9.17) is 10.5 Å². The van der Waals surface area contributed by atoms with Crippen LogP contribution in [-0.2, 0) is 0 Å². The van der Waals surface area contributed by atoms with Crippen molar-refractivity contribution in [3.8, 4) is 5.75 Å². The van der Waals surface area contributed by atoms with Gasteiger partial charge in [-0.05, 0) is 43.2 Å². The number of carbonyl (C=O) groups is 1. The van der Waals surface area contributed by atoms with E-state index >= 15 is 0 Å². The van der Waals surface area contributed by atoms with Gasteiger partial charge < -0.3 is 15.4 Å². The molecule has 5 heteroatoms. The van der Waals surface area contributed by atoms with Gasteiger partial charge in [-0.3, -0.25) is 4.79 Å². The molecule has 130 valence electrons. The Morgan fingerprint density at radius 2 is 2.00 bits per heavy atom. The molecule has 1 saturated carbocycles. The predicted octanol–water partition coefficient (Wildman–Crippen LogP) is 3.34. The average Bonchev–Trinajstić information content (AvgIpc) is 3.34. The third-order valence-corrected chi connectivity index (χ3v) is 4.29. The van der Waals surface area contributed by atoms with Crippen molar-refractivity contribution in [3.63, 3.8) is 0 Å². The topological polar surface area (TPSA) is 55.6 Å². The van der Waals surface area contributed by atoms with Crippen LogP contribution in [0.1, 0.15) is 43.5 Å². The van der Waals surface area contributed by atoms with Gasteiger partial charge in [0.05, 0.1) is 12.2 Å². The molecular formula is C18H29ClN2O2. The first kappa shape index (κ1) is 19.8. The number of halogens is 1. The van der Waals surface area contributed by atoms with Crippen LogP contribution in [0, 0.1) is 11.8 Å². The van der Waals surface area contributed by atoms with Crippen LogP contribution in [-0.4, -0.2) is 37.0 Å². The number of nitrogens with two attached hydrogens (primary N) is 1. The van der Waals surface area contributed by atoms with E-state index in [9.17, 15) is 4.79 Å². The van der Waals surface area contributed by atoms with Crippen LogP contribution in [0.4, 0.5) is 0 Å². The Morgan fingerprint density at radius 1 is 1.35 bits per heavy atom. The molecule has 4 nitrogen and oxygen atoms in total. The lowest BCUT2D eigenvalue weighted by atomic mass is 10.0. The number of carbonyl (C=O) groups excluding carboxylic acids is 1. The van der Waals surface area contributed by atoms with Gasteiger partial charge in [-0.25, -0.2) is 0 Å². The quantitative estimate of drug-likeness (QED) is 0.789. The maximum absolute atomic E-state index is 12.6. The smallest absolute Gasteiger partial charge is 0.257 e. The summed E-state index contributed by atoms with van der Waals surface area (Å²) in [6, 6.07) is 7.63. The first-order valence-electron chi connectivity index (χ1n) is 8.22. The number of hydrogen-bond acceptors (Lipinski definition) is 3. The summed E-state index contributed by atoms with van der Waals surface area (Å²) < 4.78 is 5.82. The molecule has 1 amide bonds. The number of para-hydroxylation sites is 1. The van der Waals surface area contributed by atoms with Crippen LogP contribution in [0.3, 0.4) is 0 Å². The fourth-order valence-electron chi connectivity index (χ4n) is 2.24. The van der Waals surface area contributed by atoms with Gasteiger partial charge in [-0.1, -0.05) is 26.0 Å². The van der Waals surface area contributed by atoms with Crippen molar-refractivity contribution in [1.29, 1.82) is 0 Å². The zero-order valence-corrected chi connectivity index (χ0v) is 15.1. The van der Waals surface area contributed by atoms with Crippen molar-refractivity contribution >= 4 is 18.3 Å². The molecule has 1 atom stereocenters. The van der Waals surface area contributed by atoms with Crippen LogP contribution >= 0.6 is 12.4 Å². The number of ether oxygens (including phenoxy) is 1. The minimum absolute atomic E-state index is 0. The highest BCUT2D eigenvalue weighted by atomic mass is 35.5. The molecule has 0 saturated heterocycles. The highest BCUT2D eigenvalue weighted by Crippen LogP contribution is 2.30. The molecule has 1 aliphatic rings. The predicted molar refractivity (Wildman–Crippen MR) is 96.3 cm³/mol. The number of hydrogen-bond donors (Lipinski definition) is 1. The van der Waals surface area contributed by atoms with E-state index < -0.39 is 0 Å². The minimum Gasteiger partial charge on any atom is -0.492 e. The SMILES string of the molecule is CC(C)C(N)CCN(C)C(=O)c1ccccc1OCC1CC1.Cl. The summed E-state index contributed by atoms with van der Waals surface area (Å²) in [6.07, 6.45) is 3.29. The molecule has 0 spiro atoms. The molecule has 2 N–H and O–H groups in total. The molecule has 1 fully saturated rings. The lowest BCUT2D eigenvalue weighted by Gasteiger charge is -2.22. The Morgan fingerprint density at radius 3 is 2.61 bits per heavy atom. The summed E-state index contributed by atoms with van der Waals surface area (Å²) in [6.45, 7) is 5.59. The monoisotopic (exact) mass is 340 g/mol. The molecule has 2 rings (SSSR count). The van der Waals surface area contributed by atoms with Crippen molar-refractivity contribution in [3.05, 3.63) is 29.8 Å². The van der Waals surface area contributed by atoms with Gasteiger partial charge >= 0.3 is 0 Å². The second kappa shape index (κ2) is 9.14. The van der Waals surface area contributed by atoms with Crippen LogP contribution < -0.4 is 10.5 Å². The Kier molecular flexibility index (Phi) is 7.86. The van der Waals surface area contributed by atoms with E-state index in [1.54, 1.807) is 4.90 Å². The van der Waals surface area contributed by atoms with E-state index in [1.165, 1.54) is 12.8 Å². The molecule has 0 aromatic heterocycles. The summed E-state index contributed by atoms with van der Waals surface area (Å²) in [4.78, 5) is 14.4. The highest BCUT2D eigenvalue weighted by molar-refractivity contribution is 5.96. The Hall–Kier alpha value is -1.26. The van der Waals surface area contributed by atoms with E-state index in [0.717, 1.165) is 6.42 Å². The molecular weight excluding hydrogens is 312 g/mol. The molecule has 1 aromatic rings. The zero-order valence-electron chi connectivity index (χ0n) is 14.3.